The Morgan fingerprint density at radius 1 is 1.40 bits per heavy atom. The maximum absolute atomic E-state index is 11.4. The average Bonchev–Trinajstić information content (AvgIpc) is 2.42. The second-order valence-corrected chi connectivity index (χ2v) is 5.93. The molecule has 6 heteroatoms. The van der Waals surface area contributed by atoms with Crippen LogP contribution in [-0.4, -0.2) is 42.4 Å². The molecule has 0 aliphatic carbocycles. The molecule has 2 atom stereocenters. The standard InChI is InChI=1S/C14H22O5S/c1-10(2)14(16)18-8-12(9-20-11(3)15)19-13-6-4-5-7-17-13/h12-13H,1,4-9H2,2-3H3. The summed E-state index contributed by atoms with van der Waals surface area (Å²) in [6.45, 7) is 7.40. The van der Waals surface area contributed by atoms with E-state index in [-0.39, 0.29) is 24.1 Å². The van der Waals surface area contributed by atoms with Crippen molar-refractivity contribution in [1.29, 1.82) is 0 Å². The summed E-state index contributed by atoms with van der Waals surface area (Å²) < 4.78 is 16.4. The number of rotatable bonds is 7. The Hall–Kier alpha value is -0.850. The van der Waals surface area contributed by atoms with Gasteiger partial charge in [0.15, 0.2) is 11.4 Å². The van der Waals surface area contributed by atoms with Crippen LogP contribution in [0.15, 0.2) is 12.2 Å². The van der Waals surface area contributed by atoms with Gasteiger partial charge in [0.1, 0.15) is 12.7 Å². The van der Waals surface area contributed by atoms with Crippen LogP contribution in [0.5, 0.6) is 0 Å². The van der Waals surface area contributed by atoms with Gasteiger partial charge >= 0.3 is 5.97 Å². The van der Waals surface area contributed by atoms with Crippen molar-refractivity contribution in [3.63, 3.8) is 0 Å². The Morgan fingerprint density at radius 2 is 2.15 bits per heavy atom. The van der Waals surface area contributed by atoms with E-state index in [1.165, 1.54) is 6.92 Å². The molecule has 0 aromatic rings. The fourth-order valence-corrected chi connectivity index (χ4v) is 2.26. The van der Waals surface area contributed by atoms with Crippen LogP contribution in [-0.2, 0) is 23.8 Å². The molecule has 0 bridgehead atoms. The number of carbonyl (C=O) groups excluding carboxylic acids is 2. The summed E-state index contributed by atoms with van der Waals surface area (Å²) in [5, 5.41) is 0.00869. The van der Waals surface area contributed by atoms with E-state index in [1.807, 2.05) is 0 Å². The Morgan fingerprint density at radius 3 is 2.70 bits per heavy atom. The van der Waals surface area contributed by atoms with Gasteiger partial charge in [-0.1, -0.05) is 18.3 Å². The van der Waals surface area contributed by atoms with Crippen LogP contribution in [0.2, 0.25) is 0 Å². The van der Waals surface area contributed by atoms with E-state index in [1.54, 1.807) is 6.92 Å². The molecular weight excluding hydrogens is 280 g/mol. The molecule has 1 heterocycles. The molecule has 0 saturated carbocycles. The van der Waals surface area contributed by atoms with Crippen molar-refractivity contribution >= 4 is 22.8 Å². The van der Waals surface area contributed by atoms with Crippen molar-refractivity contribution in [3.8, 4) is 0 Å². The predicted octanol–water partition coefficient (Wildman–Crippen LogP) is 2.30. The molecule has 0 N–H and O–H groups in total. The van der Waals surface area contributed by atoms with Gasteiger partial charge < -0.3 is 14.2 Å². The number of hydrogen-bond acceptors (Lipinski definition) is 6. The zero-order chi connectivity index (χ0) is 15.0. The van der Waals surface area contributed by atoms with Gasteiger partial charge in [0.25, 0.3) is 0 Å². The van der Waals surface area contributed by atoms with Crippen molar-refractivity contribution in [2.24, 2.45) is 0 Å². The van der Waals surface area contributed by atoms with Crippen LogP contribution in [0.3, 0.4) is 0 Å². The second-order valence-electron chi connectivity index (χ2n) is 4.74. The van der Waals surface area contributed by atoms with Crippen molar-refractivity contribution in [1.82, 2.24) is 0 Å². The minimum Gasteiger partial charge on any atom is -0.460 e. The first-order valence-corrected chi connectivity index (χ1v) is 7.70. The van der Waals surface area contributed by atoms with E-state index < -0.39 is 5.97 Å². The highest BCUT2D eigenvalue weighted by Crippen LogP contribution is 2.18. The molecule has 2 unspecified atom stereocenters. The van der Waals surface area contributed by atoms with Crippen LogP contribution >= 0.6 is 11.8 Å². The second kappa shape index (κ2) is 9.15. The molecule has 5 nitrogen and oxygen atoms in total. The third-order valence-electron chi connectivity index (χ3n) is 2.70. The summed E-state index contributed by atoms with van der Waals surface area (Å²) in [6, 6.07) is 0. The first-order valence-electron chi connectivity index (χ1n) is 6.72. The smallest absolute Gasteiger partial charge is 0.333 e. The highest BCUT2D eigenvalue weighted by Gasteiger charge is 2.22. The van der Waals surface area contributed by atoms with E-state index in [4.69, 9.17) is 14.2 Å². The van der Waals surface area contributed by atoms with Gasteiger partial charge in [-0.05, 0) is 26.2 Å². The van der Waals surface area contributed by atoms with E-state index in [2.05, 4.69) is 6.58 Å². The first-order chi connectivity index (χ1) is 9.49. The van der Waals surface area contributed by atoms with Crippen LogP contribution in [0.25, 0.3) is 0 Å². The molecule has 1 fully saturated rings. The first kappa shape index (κ1) is 17.2. The molecule has 1 saturated heterocycles. The molecule has 20 heavy (non-hydrogen) atoms. The Bertz CT molecular complexity index is 349. The van der Waals surface area contributed by atoms with Gasteiger partial charge in [0.2, 0.25) is 0 Å². The maximum atomic E-state index is 11.4. The monoisotopic (exact) mass is 302 g/mol. The fourth-order valence-electron chi connectivity index (χ4n) is 1.66. The lowest BCUT2D eigenvalue weighted by atomic mass is 10.2. The van der Waals surface area contributed by atoms with Crippen molar-refractivity contribution in [2.75, 3.05) is 19.0 Å². The number of esters is 1. The largest absolute Gasteiger partial charge is 0.460 e. The van der Waals surface area contributed by atoms with Gasteiger partial charge in [-0.2, -0.15) is 0 Å². The SMILES string of the molecule is C=C(C)C(=O)OCC(CSC(C)=O)OC1CCCCO1. The molecule has 0 aromatic carbocycles. The van der Waals surface area contributed by atoms with E-state index in [9.17, 15) is 9.59 Å². The van der Waals surface area contributed by atoms with E-state index in [0.29, 0.717) is 17.9 Å². The maximum Gasteiger partial charge on any atom is 0.333 e. The molecule has 0 amide bonds. The third kappa shape index (κ3) is 7.07. The fraction of sp³-hybridized carbons (Fsp3) is 0.714. The highest BCUT2D eigenvalue weighted by atomic mass is 32.2. The normalized spacial score (nSPS) is 20.2. The van der Waals surface area contributed by atoms with Crippen LogP contribution in [0.4, 0.5) is 0 Å². The summed E-state index contributed by atoms with van der Waals surface area (Å²) in [5.74, 6) is -0.00504. The lowest BCUT2D eigenvalue weighted by Gasteiger charge is -2.27. The topological polar surface area (TPSA) is 61.8 Å². The number of hydrogen-bond donors (Lipinski definition) is 0. The molecule has 0 spiro atoms. The van der Waals surface area contributed by atoms with Gasteiger partial charge in [-0.25, -0.2) is 4.79 Å². The quantitative estimate of drug-likeness (QED) is 0.531. The van der Waals surface area contributed by atoms with Gasteiger partial charge in [0, 0.05) is 24.9 Å². The molecule has 114 valence electrons. The number of carbonyl (C=O) groups is 2. The molecule has 0 radical (unpaired) electrons. The Kier molecular flexibility index (Phi) is 7.87. The summed E-state index contributed by atoms with van der Waals surface area (Å²) in [7, 11) is 0. The summed E-state index contributed by atoms with van der Waals surface area (Å²) in [6.07, 6.45) is 2.30. The van der Waals surface area contributed by atoms with Crippen molar-refractivity contribution in [3.05, 3.63) is 12.2 Å². The van der Waals surface area contributed by atoms with Gasteiger partial charge in [0.05, 0.1) is 0 Å². The summed E-state index contributed by atoms with van der Waals surface area (Å²) in [4.78, 5) is 22.4. The minimum atomic E-state index is -0.448. The Balaban J connectivity index is 2.43. The predicted molar refractivity (Wildman–Crippen MR) is 77.4 cm³/mol. The Labute approximate surface area is 124 Å². The zero-order valence-corrected chi connectivity index (χ0v) is 12.9. The highest BCUT2D eigenvalue weighted by molar-refractivity contribution is 8.13. The lowest BCUT2D eigenvalue weighted by Crippen LogP contribution is -2.33. The van der Waals surface area contributed by atoms with Crippen LogP contribution in [0.1, 0.15) is 33.1 Å². The summed E-state index contributed by atoms with van der Waals surface area (Å²) >= 11 is 1.15. The molecule has 1 aliphatic rings. The van der Waals surface area contributed by atoms with E-state index in [0.717, 1.165) is 31.0 Å². The third-order valence-corrected chi connectivity index (χ3v) is 3.65. The number of thioether (sulfide) groups is 1. The molecular formula is C14H22O5S. The minimum absolute atomic E-state index is 0.00869. The van der Waals surface area contributed by atoms with Crippen molar-refractivity contribution < 1.29 is 23.8 Å². The van der Waals surface area contributed by atoms with Crippen LogP contribution in [0, 0.1) is 0 Å². The van der Waals surface area contributed by atoms with Gasteiger partial charge in [-0.15, -0.1) is 0 Å². The van der Waals surface area contributed by atoms with Crippen molar-refractivity contribution in [2.45, 2.75) is 45.5 Å². The summed E-state index contributed by atoms with van der Waals surface area (Å²) in [5.41, 5.74) is 0.344. The number of ether oxygens (including phenoxy) is 3. The zero-order valence-electron chi connectivity index (χ0n) is 12.1. The van der Waals surface area contributed by atoms with Crippen LogP contribution < -0.4 is 0 Å². The van der Waals surface area contributed by atoms with Gasteiger partial charge in [-0.3, -0.25) is 4.79 Å². The molecule has 0 aromatic heterocycles. The van der Waals surface area contributed by atoms with E-state index >= 15 is 0 Å². The lowest BCUT2D eigenvalue weighted by molar-refractivity contribution is -0.193. The molecule has 1 aliphatic heterocycles. The molecule has 1 rings (SSSR count). The average molecular weight is 302 g/mol.